The molecule has 0 amide bonds. The van der Waals surface area contributed by atoms with E-state index in [0.717, 1.165) is 38.4 Å². The van der Waals surface area contributed by atoms with Crippen molar-refractivity contribution in [3.63, 3.8) is 0 Å². The molecule has 112 valence electrons. The van der Waals surface area contributed by atoms with E-state index in [1.807, 2.05) is 18.2 Å². The maximum Gasteiger partial charge on any atom is 0.258 e. The minimum atomic E-state index is -0.0329. The summed E-state index contributed by atoms with van der Waals surface area (Å²) in [5.41, 5.74) is 1.48. The van der Waals surface area contributed by atoms with Crippen molar-refractivity contribution < 1.29 is 5.11 Å². The molecule has 1 aliphatic rings. The molecule has 1 fully saturated rings. The van der Waals surface area contributed by atoms with Crippen LogP contribution < -0.4 is 5.56 Å². The lowest BCUT2D eigenvalue weighted by molar-refractivity contribution is 0.107. The predicted molar refractivity (Wildman–Crippen MR) is 80.3 cm³/mol. The van der Waals surface area contributed by atoms with E-state index in [1.54, 1.807) is 16.7 Å². The van der Waals surface area contributed by atoms with Crippen LogP contribution in [0.5, 0.6) is 0 Å². The molecule has 2 aromatic heterocycles. The van der Waals surface area contributed by atoms with Crippen LogP contribution in [-0.2, 0) is 6.54 Å². The molecule has 1 N–H and O–H groups in total. The van der Waals surface area contributed by atoms with E-state index < -0.39 is 0 Å². The van der Waals surface area contributed by atoms with Gasteiger partial charge in [0, 0.05) is 51.5 Å². The molecule has 21 heavy (non-hydrogen) atoms. The van der Waals surface area contributed by atoms with Crippen LogP contribution in [-0.4, -0.2) is 63.6 Å². The normalized spacial score (nSPS) is 17.4. The lowest BCUT2D eigenvalue weighted by Crippen LogP contribution is -2.46. The predicted octanol–water partition coefficient (Wildman–Crippen LogP) is -0.196. The molecule has 0 spiro atoms. The van der Waals surface area contributed by atoms with Gasteiger partial charge in [0.1, 0.15) is 5.65 Å². The van der Waals surface area contributed by atoms with Gasteiger partial charge in [-0.05, 0) is 12.1 Å². The van der Waals surface area contributed by atoms with Crippen LogP contribution in [0.25, 0.3) is 5.65 Å². The zero-order valence-electron chi connectivity index (χ0n) is 12.0. The van der Waals surface area contributed by atoms with Gasteiger partial charge < -0.3 is 5.11 Å². The highest BCUT2D eigenvalue weighted by Crippen LogP contribution is 2.07. The molecule has 2 aromatic rings. The van der Waals surface area contributed by atoms with Gasteiger partial charge in [0.2, 0.25) is 0 Å². The first-order valence-electron chi connectivity index (χ1n) is 7.29. The number of aliphatic hydroxyl groups excluding tert-OH is 1. The second-order valence-corrected chi connectivity index (χ2v) is 5.36. The third-order valence-electron chi connectivity index (χ3n) is 3.89. The topological polar surface area (TPSA) is 61.1 Å². The number of pyridine rings is 1. The van der Waals surface area contributed by atoms with E-state index in [9.17, 15) is 4.79 Å². The lowest BCUT2D eigenvalue weighted by Gasteiger charge is -2.34. The van der Waals surface area contributed by atoms with Crippen LogP contribution >= 0.6 is 0 Å². The fourth-order valence-corrected chi connectivity index (χ4v) is 2.73. The van der Waals surface area contributed by atoms with Gasteiger partial charge in [0.25, 0.3) is 5.56 Å². The minimum absolute atomic E-state index is 0.0329. The number of hydrogen-bond donors (Lipinski definition) is 1. The number of hydrogen-bond acceptors (Lipinski definition) is 5. The summed E-state index contributed by atoms with van der Waals surface area (Å²) in [6, 6.07) is 7.19. The van der Waals surface area contributed by atoms with Crippen LogP contribution in [0.15, 0.2) is 35.3 Å². The molecule has 6 nitrogen and oxygen atoms in total. The standard InChI is InChI=1S/C15H20N4O2/c20-10-9-17-5-7-18(8-6-17)12-13-11-15(21)19-4-2-1-3-14(19)16-13/h1-4,11,20H,5-10,12H2. The molecule has 0 bridgehead atoms. The molecule has 0 aliphatic carbocycles. The van der Waals surface area contributed by atoms with Gasteiger partial charge in [0.05, 0.1) is 12.3 Å². The van der Waals surface area contributed by atoms with Gasteiger partial charge in [-0.15, -0.1) is 0 Å². The molecule has 1 saturated heterocycles. The number of aromatic nitrogens is 2. The Bertz CT molecular complexity index is 662. The highest BCUT2D eigenvalue weighted by atomic mass is 16.3. The first kappa shape index (κ1) is 14.2. The van der Waals surface area contributed by atoms with E-state index in [-0.39, 0.29) is 12.2 Å². The van der Waals surface area contributed by atoms with Crippen molar-refractivity contribution in [2.45, 2.75) is 6.54 Å². The molecule has 3 rings (SSSR count). The molecule has 0 radical (unpaired) electrons. The Morgan fingerprint density at radius 2 is 1.90 bits per heavy atom. The lowest BCUT2D eigenvalue weighted by atomic mass is 10.2. The molecule has 0 saturated carbocycles. The quantitative estimate of drug-likeness (QED) is 0.844. The van der Waals surface area contributed by atoms with E-state index in [1.165, 1.54) is 0 Å². The number of β-amino-alcohol motifs (C(OH)–C–C–N with tert-alkyl or cyclic N) is 1. The van der Waals surface area contributed by atoms with Crippen LogP contribution in [0.3, 0.4) is 0 Å². The van der Waals surface area contributed by atoms with Gasteiger partial charge >= 0.3 is 0 Å². The summed E-state index contributed by atoms with van der Waals surface area (Å²) in [5.74, 6) is 0. The average Bonchev–Trinajstić information content (AvgIpc) is 2.50. The third-order valence-corrected chi connectivity index (χ3v) is 3.89. The minimum Gasteiger partial charge on any atom is -0.395 e. The van der Waals surface area contributed by atoms with E-state index >= 15 is 0 Å². The van der Waals surface area contributed by atoms with Gasteiger partial charge in [-0.25, -0.2) is 4.98 Å². The molecule has 0 atom stereocenters. The number of fused-ring (bicyclic) bond motifs is 1. The molecule has 3 heterocycles. The van der Waals surface area contributed by atoms with Crippen LogP contribution in [0.2, 0.25) is 0 Å². The first-order chi connectivity index (χ1) is 10.3. The summed E-state index contributed by atoms with van der Waals surface area (Å²) in [7, 11) is 0. The summed E-state index contributed by atoms with van der Waals surface area (Å²) < 4.78 is 1.56. The summed E-state index contributed by atoms with van der Waals surface area (Å²) >= 11 is 0. The molecule has 1 aliphatic heterocycles. The monoisotopic (exact) mass is 288 g/mol. The Kier molecular flexibility index (Phi) is 4.28. The van der Waals surface area contributed by atoms with Crippen molar-refractivity contribution >= 4 is 5.65 Å². The number of piperazine rings is 1. The third kappa shape index (κ3) is 3.29. The fraction of sp³-hybridized carbons (Fsp3) is 0.467. The zero-order valence-corrected chi connectivity index (χ0v) is 12.0. The van der Waals surface area contributed by atoms with E-state index in [2.05, 4.69) is 14.8 Å². The molecule has 6 heteroatoms. The van der Waals surface area contributed by atoms with Gasteiger partial charge in [-0.2, -0.15) is 0 Å². The Labute approximate surface area is 123 Å². The van der Waals surface area contributed by atoms with Crippen molar-refractivity contribution in [1.82, 2.24) is 19.2 Å². The van der Waals surface area contributed by atoms with Crippen LogP contribution in [0.4, 0.5) is 0 Å². The highest BCUT2D eigenvalue weighted by molar-refractivity contribution is 5.37. The number of aliphatic hydroxyl groups is 1. The highest BCUT2D eigenvalue weighted by Gasteiger charge is 2.17. The first-order valence-corrected chi connectivity index (χ1v) is 7.29. The molecular weight excluding hydrogens is 268 g/mol. The number of rotatable bonds is 4. The Morgan fingerprint density at radius 3 is 2.67 bits per heavy atom. The van der Waals surface area contributed by atoms with Crippen molar-refractivity contribution in [2.75, 3.05) is 39.3 Å². The molecular formula is C15H20N4O2. The maximum absolute atomic E-state index is 12.0. The number of nitrogens with zero attached hydrogens (tertiary/aromatic N) is 4. The van der Waals surface area contributed by atoms with E-state index in [4.69, 9.17) is 5.11 Å². The second kappa shape index (κ2) is 6.34. The van der Waals surface area contributed by atoms with Crippen molar-refractivity contribution in [2.24, 2.45) is 0 Å². The van der Waals surface area contributed by atoms with Gasteiger partial charge in [0.15, 0.2) is 0 Å². The Balaban J connectivity index is 1.70. The van der Waals surface area contributed by atoms with Crippen molar-refractivity contribution in [3.05, 3.63) is 46.5 Å². The largest absolute Gasteiger partial charge is 0.395 e. The summed E-state index contributed by atoms with van der Waals surface area (Å²) in [6.07, 6.45) is 1.74. The fourth-order valence-electron chi connectivity index (χ4n) is 2.73. The van der Waals surface area contributed by atoms with Gasteiger partial charge in [-0.3, -0.25) is 19.0 Å². The van der Waals surface area contributed by atoms with Gasteiger partial charge in [-0.1, -0.05) is 6.07 Å². The second-order valence-electron chi connectivity index (χ2n) is 5.36. The maximum atomic E-state index is 12.0. The SMILES string of the molecule is O=c1cc(CN2CCN(CCO)CC2)nc2ccccn12. The van der Waals surface area contributed by atoms with Crippen molar-refractivity contribution in [1.29, 1.82) is 0 Å². The summed E-state index contributed by atoms with van der Waals surface area (Å²) in [5, 5.41) is 8.95. The Morgan fingerprint density at radius 1 is 1.14 bits per heavy atom. The smallest absolute Gasteiger partial charge is 0.258 e. The summed E-state index contributed by atoms with van der Waals surface area (Å²) in [6.45, 7) is 5.44. The molecule has 0 aromatic carbocycles. The average molecular weight is 288 g/mol. The molecule has 0 unspecified atom stereocenters. The van der Waals surface area contributed by atoms with E-state index in [0.29, 0.717) is 12.2 Å². The zero-order chi connectivity index (χ0) is 14.7. The Hall–Kier alpha value is -1.76. The van der Waals surface area contributed by atoms with Crippen LogP contribution in [0.1, 0.15) is 5.69 Å². The van der Waals surface area contributed by atoms with Crippen LogP contribution in [0, 0.1) is 0 Å². The summed E-state index contributed by atoms with van der Waals surface area (Å²) in [4.78, 5) is 21.1. The van der Waals surface area contributed by atoms with Crippen molar-refractivity contribution in [3.8, 4) is 0 Å².